The third kappa shape index (κ3) is 2.44. The summed E-state index contributed by atoms with van der Waals surface area (Å²) in [6.45, 7) is 0. The maximum atomic E-state index is 13.1. The van der Waals surface area contributed by atoms with Crippen molar-refractivity contribution >= 4 is 17.3 Å². The topological polar surface area (TPSA) is 44.5 Å². The molecule has 0 radical (unpaired) electrons. The number of nitrogen functional groups attached to an aromatic ring is 1. The van der Waals surface area contributed by atoms with Gasteiger partial charge in [0, 0.05) is 16.8 Å². The minimum atomic E-state index is -0.389. The first-order chi connectivity index (χ1) is 9.08. The van der Waals surface area contributed by atoms with Gasteiger partial charge in [0.2, 0.25) is 0 Å². The summed E-state index contributed by atoms with van der Waals surface area (Å²) in [4.78, 5) is 0. The van der Waals surface area contributed by atoms with E-state index >= 15 is 0 Å². The van der Waals surface area contributed by atoms with E-state index in [1.165, 1.54) is 26.4 Å². The molecule has 3 nitrogen and oxygen atoms in total. The van der Waals surface area contributed by atoms with Gasteiger partial charge in [-0.05, 0) is 30.3 Å². The van der Waals surface area contributed by atoms with Crippen LogP contribution < -0.4 is 15.2 Å². The number of methoxy groups -OCH3 is 2. The molecule has 0 bridgehead atoms. The Labute approximate surface area is 115 Å². The van der Waals surface area contributed by atoms with Crippen LogP contribution in [0.2, 0.25) is 5.02 Å². The van der Waals surface area contributed by atoms with Gasteiger partial charge in [0.15, 0.2) is 0 Å². The van der Waals surface area contributed by atoms with Crippen molar-refractivity contribution in [2.45, 2.75) is 0 Å². The molecule has 0 fully saturated rings. The van der Waals surface area contributed by atoms with Gasteiger partial charge in [0.05, 0.1) is 14.2 Å². The molecule has 2 N–H and O–H groups in total. The fraction of sp³-hybridized carbons (Fsp3) is 0.143. The van der Waals surface area contributed by atoms with E-state index in [1.54, 1.807) is 18.2 Å². The first-order valence-corrected chi connectivity index (χ1v) is 5.92. The second-order valence-electron chi connectivity index (χ2n) is 3.89. The number of benzene rings is 2. The van der Waals surface area contributed by atoms with Crippen molar-refractivity contribution in [3.05, 3.63) is 41.2 Å². The molecule has 0 amide bonds. The maximum Gasteiger partial charge on any atom is 0.149 e. The highest BCUT2D eigenvalue weighted by Crippen LogP contribution is 2.43. The van der Waals surface area contributed by atoms with E-state index in [0.29, 0.717) is 33.3 Å². The minimum absolute atomic E-state index is 0.319. The first-order valence-electron chi connectivity index (χ1n) is 5.54. The predicted octanol–water partition coefficient (Wildman–Crippen LogP) is 3.75. The van der Waals surface area contributed by atoms with Crippen molar-refractivity contribution in [3.8, 4) is 22.6 Å². The fourth-order valence-corrected chi connectivity index (χ4v) is 2.21. The Balaban J connectivity index is 2.65. The van der Waals surface area contributed by atoms with Crippen molar-refractivity contribution in [2.24, 2.45) is 0 Å². The molecular formula is C14H13ClFNO2. The summed E-state index contributed by atoms with van der Waals surface area (Å²) in [6.07, 6.45) is 0. The second-order valence-corrected chi connectivity index (χ2v) is 4.27. The van der Waals surface area contributed by atoms with Crippen molar-refractivity contribution < 1.29 is 13.9 Å². The smallest absolute Gasteiger partial charge is 0.149 e. The highest BCUT2D eigenvalue weighted by atomic mass is 35.5. The quantitative estimate of drug-likeness (QED) is 0.872. The molecule has 0 saturated heterocycles. The summed E-state index contributed by atoms with van der Waals surface area (Å²) in [7, 11) is 3.02. The van der Waals surface area contributed by atoms with E-state index in [-0.39, 0.29) is 5.82 Å². The summed E-state index contributed by atoms with van der Waals surface area (Å²) < 4.78 is 23.5. The molecule has 0 unspecified atom stereocenters. The number of ether oxygens (including phenoxy) is 2. The molecular weight excluding hydrogens is 269 g/mol. The van der Waals surface area contributed by atoms with Crippen molar-refractivity contribution in [1.82, 2.24) is 0 Å². The van der Waals surface area contributed by atoms with Crippen LogP contribution in [0.25, 0.3) is 11.1 Å². The Morgan fingerprint density at radius 1 is 1.05 bits per heavy atom. The van der Waals surface area contributed by atoms with E-state index in [1.807, 2.05) is 0 Å². The molecule has 19 heavy (non-hydrogen) atoms. The molecule has 0 saturated carbocycles. The highest BCUT2D eigenvalue weighted by Gasteiger charge is 2.16. The average molecular weight is 282 g/mol. The summed E-state index contributed by atoms with van der Waals surface area (Å²) in [5.74, 6) is 0.558. The Morgan fingerprint density at radius 3 is 2.32 bits per heavy atom. The molecule has 5 heteroatoms. The monoisotopic (exact) mass is 281 g/mol. The van der Waals surface area contributed by atoms with E-state index < -0.39 is 0 Å². The number of anilines is 1. The minimum Gasteiger partial charge on any atom is -0.495 e. The van der Waals surface area contributed by atoms with Crippen LogP contribution in [-0.4, -0.2) is 14.2 Å². The molecule has 0 aromatic heterocycles. The summed E-state index contributed by atoms with van der Waals surface area (Å²) in [5.41, 5.74) is 7.49. The van der Waals surface area contributed by atoms with Crippen molar-refractivity contribution in [2.75, 3.05) is 20.0 Å². The van der Waals surface area contributed by atoms with Crippen LogP contribution in [0.15, 0.2) is 30.3 Å². The average Bonchev–Trinajstić information content (AvgIpc) is 2.38. The zero-order valence-electron chi connectivity index (χ0n) is 10.5. The number of hydrogen-bond donors (Lipinski definition) is 1. The Kier molecular flexibility index (Phi) is 3.81. The summed E-state index contributed by atoms with van der Waals surface area (Å²) in [5, 5.41) is 0.353. The van der Waals surface area contributed by atoms with Crippen LogP contribution in [-0.2, 0) is 0 Å². The van der Waals surface area contributed by atoms with Gasteiger partial charge < -0.3 is 15.2 Å². The molecule has 0 aliphatic rings. The van der Waals surface area contributed by atoms with Gasteiger partial charge in [-0.25, -0.2) is 4.39 Å². The van der Waals surface area contributed by atoms with Crippen LogP contribution >= 0.6 is 11.6 Å². The Bertz CT molecular complexity index is 617. The largest absolute Gasteiger partial charge is 0.495 e. The highest BCUT2D eigenvalue weighted by molar-refractivity contribution is 6.34. The molecule has 0 aliphatic heterocycles. The lowest BCUT2D eigenvalue weighted by Crippen LogP contribution is -1.96. The van der Waals surface area contributed by atoms with E-state index in [0.717, 1.165) is 0 Å². The lowest BCUT2D eigenvalue weighted by molar-refractivity contribution is 0.396. The van der Waals surface area contributed by atoms with Crippen LogP contribution in [0.4, 0.5) is 10.1 Å². The molecule has 0 atom stereocenters. The molecule has 0 spiro atoms. The standard InChI is InChI=1S/C14H13ClFNO2/c1-18-12-6-5-10(14(19-2)13(12)15)9-4-3-8(16)7-11(9)17/h3-7H,17H2,1-2H3. The van der Waals surface area contributed by atoms with E-state index in [2.05, 4.69) is 0 Å². The van der Waals surface area contributed by atoms with E-state index in [4.69, 9.17) is 26.8 Å². The number of hydrogen-bond acceptors (Lipinski definition) is 3. The van der Waals surface area contributed by atoms with Gasteiger partial charge in [-0.15, -0.1) is 0 Å². The van der Waals surface area contributed by atoms with Gasteiger partial charge in [0.1, 0.15) is 22.3 Å². The van der Waals surface area contributed by atoms with Gasteiger partial charge in [-0.3, -0.25) is 0 Å². The first kappa shape index (κ1) is 13.5. The third-order valence-corrected chi connectivity index (χ3v) is 3.15. The zero-order chi connectivity index (χ0) is 14.0. The van der Waals surface area contributed by atoms with E-state index in [9.17, 15) is 4.39 Å². The summed E-state index contributed by atoms with van der Waals surface area (Å²) in [6, 6.07) is 7.66. The Hall–Kier alpha value is -1.94. The van der Waals surface area contributed by atoms with Crippen LogP contribution in [0, 0.1) is 5.82 Å². The molecule has 2 aromatic carbocycles. The van der Waals surface area contributed by atoms with Crippen molar-refractivity contribution in [1.29, 1.82) is 0 Å². The normalized spacial score (nSPS) is 10.3. The number of halogens is 2. The van der Waals surface area contributed by atoms with Gasteiger partial charge in [0.25, 0.3) is 0 Å². The van der Waals surface area contributed by atoms with Gasteiger partial charge in [-0.1, -0.05) is 11.6 Å². The van der Waals surface area contributed by atoms with Crippen LogP contribution in [0.1, 0.15) is 0 Å². The third-order valence-electron chi connectivity index (χ3n) is 2.79. The SMILES string of the molecule is COc1ccc(-c2ccc(F)cc2N)c(OC)c1Cl. The van der Waals surface area contributed by atoms with Crippen LogP contribution in [0.5, 0.6) is 11.5 Å². The number of rotatable bonds is 3. The van der Waals surface area contributed by atoms with Crippen LogP contribution in [0.3, 0.4) is 0 Å². The molecule has 0 heterocycles. The number of nitrogens with two attached hydrogens (primary N) is 1. The molecule has 0 aliphatic carbocycles. The molecule has 100 valence electrons. The van der Waals surface area contributed by atoms with Gasteiger partial charge >= 0.3 is 0 Å². The molecule has 2 rings (SSSR count). The molecule has 2 aromatic rings. The predicted molar refractivity (Wildman–Crippen MR) is 74.4 cm³/mol. The van der Waals surface area contributed by atoms with Crippen molar-refractivity contribution in [3.63, 3.8) is 0 Å². The lowest BCUT2D eigenvalue weighted by atomic mass is 10.0. The maximum absolute atomic E-state index is 13.1. The second kappa shape index (κ2) is 5.36. The Morgan fingerprint density at radius 2 is 1.74 bits per heavy atom. The van der Waals surface area contributed by atoms with Gasteiger partial charge in [-0.2, -0.15) is 0 Å². The lowest BCUT2D eigenvalue weighted by Gasteiger charge is -2.14. The fourth-order valence-electron chi connectivity index (χ4n) is 1.89. The summed E-state index contributed by atoms with van der Waals surface area (Å²) >= 11 is 6.18. The zero-order valence-corrected chi connectivity index (χ0v) is 11.3.